The lowest BCUT2D eigenvalue weighted by atomic mass is 10.0. The van der Waals surface area contributed by atoms with Crippen LogP contribution in [0.5, 0.6) is 0 Å². The molecule has 112 valence electrons. The van der Waals surface area contributed by atoms with Crippen molar-refractivity contribution in [3.05, 3.63) is 35.7 Å². The Morgan fingerprint density at radius 3 is 2.86 bits per heavy atom. The molecular formula is C15H16FNO4. The first-order chi connectivity index (χ1) is 9.97. The average Bonchev–Trinajstić information content (AvgIpc) is 2.85. The first-order valence-electron chi connectivity index (χ1n) is 6.60. The predicted octanol–water partition coefficient (Wildman–Crippen LogP) is 2.29. The number of halogens is 1. The lowest BCUT2D eigenvalue weighted by Crippen LogP contribution is -2.27. The molecule has 0 aromatic heterocycles. The van der Waals surface area contributed by atoms with E-state index in [4.69, 9.17) is 9.84 Å². The van der Waals surface area contributed by atoms with Gasteiger partial charge in [-0.2, -0.15) is 0 Å². The molecule has 2 unspecified atom stereocenters. The third-order valence-corrected chi connectivity index (χ3v) is 3.38. The van der Waals surface area contributed by atoms with Crippen molar-refractivity contribution in [3.8, 4) is 0 Å². The van der Waals surface area contributed by atoms with Gasteiger partial charge in [0.25, 0.3) is 0 Å². The van der Waals surface area contributed by atoms with E-state index >= 15 is 0 Å². The van der Waals surface area contributed by atoms with Crippen molar-refractivity contribution in [2.75, 3.05) is 11.9 Å². The topological polar surface area (TPSA) is 75.6 Å². The Hall–Kier alpha value is -2.21. The number of carboxylic acids is 1. The van der Waals surface area contributed by atoms with E-state index in [9.17, 15) is 14.0 Å². The van der Waals surface area contributed by atoms with Crippen LogP contribution in [-0.2, 0) is 14.3 Å². The summed E-state index contributed by atoms with van der Waals surface area (Å²) in [6, 6.07) is 4.02. The van der Waals surface area contributed by atoms with Gasteiger partial charge >= 0.3 is 5.97 Å². The minimum atomic E-state index is -1.17. The summed E-state index contributed by atoms with van der Waals surface area (Å²) in [5.74, 6) is -2.13. The molecule has 1 aliphatic heterocycles. The SMILES string of the molecule is CC1OCCC1C(=O)Nc1ccc(F)c(/C=C/C(=O)O)c1. The molecule has 2 N–H and O–H groups in total. The number of rotatable bonds is 4. The standard InChI is InChI=1S/C15H16FNO4/c1-9-12(6-7-21-9)15(20)17-11-3-4-13(16)10(8-11)2-5-14(18)19/h2-5,8-9,12H,6-7H2,1H3,(H,17,20)(H,18,19)/b5-2+. The Morgan fingerprint density at radius 1 is 1.48 bits per heavy atom. The van der Waals surface area contributed by atoms with Gasteiger partial charge in [0.1, 0.15) is 5.82 Å². The molecule has 1 saturated heterocycles. The molecule has 21 heavy (non-hydrogen) atoms. The highest BCUT2D eigenvalue weighted by Gasteiger charge is 2.30. The first-order valence-corrected chi connectivity index (χ1v) is 6.60. The van der Waals surface area contributed by atoms with Crippen molar-refractivity contribution in [3.63, 3.8) is 0 Å². The van der Waals surface area contributed by atoms with Crippen LogP contribution in [0.1, 0.15) is 18.9 Å². The third-order valence-electron chi connectivity index (χ3n) is 3.38. The van der Waals surface area contributed by atoms with Crippen LogP contribution in [0.15, 0.2) is 24.3 Å². The number of carboxylic acid groups (broad SMARTS) is 1. The number of hydrogen-bond donors (Lipinski definition) is 2. The van der Waals surface area contributed by atoms with E-state index in [1.54, 1.807) is 0 Å². The Balaban J connectivity index is 2.11. The van der Waals surface area contributed by atoms with Crippen LogP contribution >= 0.6 is 0 Å². The second kappa shape index (κ2) is 6.49. The fourth-order valence-corrected chi connectivity index (χ4v) is 2.22. The molecule has 5 nitrogen and oxygen atoms in total. The summed E-state index contributed by atoms with van der Waals surface area (Å²) in [4.78, 5) is 22.6. The Kier molecular flexibility index (Phi) is 4.70. The highest BCUT2D eigenvalue weighted by Crippen LogP contribution is 2.23. The molecule has 1 heterocycles. The molecule has 0 bridgehead atoms. The molecule has 2 atom stereocenters. The number of benzene rings is 1. The van der Waals surface area contributed by atoms with Crippen molar-refractivity contribution in [2.24, 2.45) is 5.92 Å². The van der Waals surface area contributed by atoms with Gasteiger partial charge in [-0.1, -0.05) is 0 Å². The zero-order valence-electron chi connectivity index (χ0n) is 11.5. The van der Waals surface area contributed by atoms with E-state index in [1.165, 1.54) is 18.2 Å². The van der Waals surface area contributed by atoms with Crippen molar-refractivity contribution in [1.29, 1.82) is 0 Å². The highest BCUT2D eigenvalue weighted by molar-refractivity contribution is 5.93. The number of hydrogen-bond acceptors (Lipinski definition) is 3. The van der Waals surface area contributed by atoms with Gasteiger partial charge < -0.3 is 15.2 Å². The maximum atomic E-state index is 13.5. The summed E-state index contributed by atoms with van der Waals surface area (Å²) < 4.78 is 18.9. The highest BCUT2D eigenvalue weighted by atomic mass is 19.1. The van der Waals surface area contributed by atoms with Gasteiger partial charge in [-0.25, -0.2) is 9.18 Å². The van der Waals surface area contributed by atoms with Gasteiger partial charge in [0, 0.05) is 23.9 Å². The monoisotopic (exact) mass is 293 g/mol. The van der Waals surface area contributed by atoms with Crippen LogP contribution in [0, 0.1) is 11.7 Å². The fraction of sp³-hybridized carbons (Fsp3) is 0.333. The van der Waals surface area contributed by atoms with E-state index in [1.807, 2.05) is 6.92 Å². The first kappa shape index (κ1) is 15.2. The normalized spacial score (nSPS) is 21.6. The average molecular weight is 293 g/mol. The molecule has 0 saturated carbocycles. The lowest BCUT2D eigenvalue weighted by Gasteiger charge is -2.14. The second-order valence-electron chi connectivity index (χ2n) is 4.87. The molecule has 0 radical (unpaired) electrons. The number of carbonyl (C=O) groups excluding carboxylic acids is 1. The Morgan fingerprint density at radius 2 is 2.24 bits per heavy atom. The van der Waals surface area contributed by atoms with Crippen molar-refractivity contribution in [1.82, 2.24) is 0 Å². The molecule has 6 heteroatoms. The van der Waals surface area contributed by atoms with Crippen LogP contribution < -0.4 is 5.32 Å². The number of ether oxygens (including phenoxy) is 1. The van der Waals surface area contributed by atoms with Crippen LogP contribution in [0.25, 0.3) is 6.08 Å². The minimum absolute atomic E-state index is 0.103. The fourth-order valence-electron chi connectivity index (χ4n) is 2.22. The third kappa shape index (κ3) is 3.88. The lowest BCUT2D eigenvalue weighted by molar-refractivity contribution is -0.131. The number of amides is 1. The van der Waals surface area contributed by atoms with Gasteiger partial charge in [0.05, 0.1) is 12.0 Å². The van der Waals surface area contributed by atoms with Crippen molar-refractivity contribution < 1.29 is 23.8 Å². The van der Waals surface area contributed by atoms with Crippen molar-refractivity contribution >= 4 is 23.6 Å². The summed E-state index contributed by atoms with van der Waals surface area (Å²) in [6.45, 7) is 2.39. The van der Waals surface area contributed by atoms with Gasteiger partial charge in [-0.05, 0) is 37.6 Å². The molecule has 1 aliphatic rings. The Bertz CT molecular complexity index is 585. The quantitative estimate of drug-likeness (QED) is 0.835. The number of nitrogens with one attached hydrogen (secondary N) is 1. The van der Waals surface area contributed by atoms with E-state index < -0.39 is 11.8 Å². The molecule has 1 aromatic rings. The summed E-state index contributed by atoms with van der Waals surface area (Å²) in [5, 5.41) is 11.3. The van der Waals surface area contributed by atoms with Crippen LogP contribution in [0.2, 0.25) is 0 Å². The summed E-state index contributed by atoms with van der Waals surface area (Å²) in [5.41, 5.74) is 0.524. The Labute approximate surface area is 121 Å². The van der Waals surface area contributed by atoms with E-state index in [2.05, 4.69) is 5.32 Å². The number of carbonyl (C=O) groups is 2. The number of anilines is 1. The second-order valence-corrected chi connectivity index (χ2v) is 4.87. The maximum absolute atomic E-state index is 13.5. The van der Waals surface area contributed by atoms with E-state index in [-0.39, 0.29) is 23.5 Å². The maximum Gasteiger partial charge on any atom is 0.328 e. The van der Waals surface area contributed by atoms with Gasteiger partial charge in [0.15, 0.2) is 0 Å². The van der Waals surface area contributed by atoms with Gasteiger partial charge in [0.2, 0.25) is 5.91 Å². The molecule has 0 spiro atoms. The van der Waals surface area contributed by atoms with E-state index in [0.29, 0.717) is 18.7 Å². The molecule has 0 aliphatic carbocycles. The predicted molar refractivity (Wildman–Crippen MR) is 75.2 cm³/mol. The minimum Gasteiger partial charge on any atom is -0.478 e. The number of aliphatic carboxylic acids is 1. The van der Waals surface area contributed by atoms with Crippen LogP contribution in [0.4, 0.5) is 10.1 Å². The van der Waals surface area contributed by atoms with E-state index in [0.717, 1.165) is 12.2 Å². The molecule has 1 fully saturated rings. The molecule has 2 rings (SSSR count). The zero-order chi connectivity index (χ0) is 15.4. The zero-order valence-corrected chi connectivity index (χ0v) is 11.5. The van der Waals surface area contributed by atoms with Crippen LogP contribution in [-0.4, -0.2) is 29.7 Å². The molecule has 1 amide bonds. The largest absolute Gasteiger partial charge is 0.478 e. The molecule has 1 aromatic carbocycles. The summed E-state index contributed by atoms with van der Waals surface area (Å²) in [6.07, 6.45) is 2.50. The van der Waals surface area contributed by atoms with Gasteiger partial charge in [-0.15, -0.1) is 0 Å². The smallest absolute Gasteiger partial charge is 0.328 e. The van der Waals surface area contributed by atoms with Gasteiger partial charge in [-0.3, -0.25) is 4.79 Å². The summed E-state index contributed by atoms with van der Waals surface area (Å²) >= 11 is 0. The summed E-state index contributed by atoms with van der Waals surface area (Å²) in [7, 11) is 0. The van der Waals surface area contributed by atoms with Crippen molar-refractivity contribution in [2.45, 2.75) is 19.4 Å². The van der Waals surface area contributed by atoms with Crippen LogP contribution in [0.3, 0.4) is 0 Å². The molecular weight excluding hydrogens is 277 g/mol.